The van der Waals surface area contributed by atoms with Crippen molar-refractivity contribution in [1.82, 2.24) is 0 Å². The maximum atomic E-state index is 8.81. The predicted octanol–water partition coefficient (Wildman–Crippen LogP) is 2.19. The van der Waals surface area contributed by atoms with Gasteiger partial charge < -0.3 is 10.2 Å². The molecule has 0 bridgehead atoms. The van der Waals surface area contributed by atoms with Crippen molar-refractivity contribution in [3.05, 3.63) is 0 Å². The van der Waals surface area contributed by atoms with E-state index in [4.69, 9.17) is 10.2 Å². The van der Waals surface area contributed by atoms with Gasteiger partial charge in [0, 0.05) is 13.2 Å². The summed E-state index contributed by atoms with van der Waals surface area (Å²) in [7, 11) is 0. The van der Waals surface area contributed by atoms with Gasteiger partial charge in [-0.3, -0.25) is 0 Å². The molecule has 0 aromatic rings. The molecule has 0 saturated carbocycles. The zero-order valence-corrected chi connectivity index (χ0v) is 9.21. The molecule has 0 saturated heterocycles. The summed E-state index contributed by atoms with van der Waals surface area (Å²) < 4.78 is 0. The Bertz CT molecular complexity index is 110. The second kappa shape index (κ2) is 6.39. The van der Waals surface area contributed by atoms with Crippen molar-refractivity contribution < 1.29 is 10.2 Å². The van der Waals surface area contributed by atoms with Gasteiger partial charge in [-0.25, -0.2) is 0 Å². The van der Waals surface area contributed by atoms with Crippen LogP contribution < -0.4 is 0 Å². The highest BCUT2D eigenvalue weighted by molar-refractivity contribution is 4.66. The second-order valence-corrected chi connectivity index (χ2v) is 4.99. The largest absolute Gasteiger partial charge is 0.396 e. The van der Waals surface area contributed by atoms with Crippen molar-refractivity contribution >= 4 is 0 Å². The molecule has 0 aromatic heterocycles. The first kappa shape index (κ1) is 12.9. The lowest BCUT2D eigenvalue weighted by atomic mass is 9.85. The molecule has 2 nitrogen and oxygen atoms in total. The highest BCUT2D eigenvalue weighted by Gasteiger charge is 2.14. The van der Waals surface area contributed by atoms with E-state index in [1.165, 1.54) is 0 Å². The molecule has 0 spiro atoms. The van der Waals surface area contributed by atoms with Crippen LogP contribution >= 0.6 is 0 Å². The fourth-order valence-corrected chi connectivity index (χ4v) is 1.44. The molecule has 0 unspecified atom stereocenters. The summed E-state index contributed by atoms with van der Waals surface area (Å²) in [4.78, 5) is 0. The van der Waals surface area contributed by atoms with Crippen molar-refractivity contribution in [3.63, 3.8) is 0 Å². The van der Waals surface area contributed by atoms with Crippen LogP contribution in [-0.4, -0.2) is 23.4 Å². The summed E-state index contributed by atoms with van der Waals surface area (Å²) in [5, 5.41) is 17.6. The molecule has 2 heteroatoms. The lowest BCUT2D eigenvalue weighted by Crippen LogP contribution is -2.11. The van der Waals surface area contributed by atoms with Gasteiger partial charge in [-0.15, -0.1) is 0 Å². The third-order valence-electron chi connectivity index (χ3n) is 2.38. The molecule has 0 heterocycles. The van der Waals surface area contributed by atoms with Crippen LogP contribution in [-0.2, 0) is 0 Å². The predicted molar refractivity (Wildman–Crippen MR) is 55.6 cm³/mol. The Morgan fingerprint density at radius 2 is 1.38 bits per heavy atom. The van der Waals surface area contributed by atoms with Crippen molar-refractivity contribution in [2.45, 2.75) is 46.5 Å². The van der Waals surface area contributed by atoms with Gasteiger partial charge in [-0.2, -0.15) is 0 Å². The van der Waals surface area contributed by atoms with Gasteiger partial charge in [0.2, 0.25) is 0 Å². The molecule has 0 aliphatic rings. The fraction of sp³-hybridized carbons (Fsp3) is 1.00. The van der Waals surface area contributed by atoms with E-state index >= 15 is 0 Å². The molecule has 0 fully saturated rings. The summed E-state index contributed by atoms with van der Waals surface area (Å²) in [6, 6.07) is 0. The third-order valence-corrected chi connectivity index (χ3v) is 2.38. The van der Waals surface area contributed by atoms with Crippen molar-refractivity contribution in [1.29, 1.82) is 0 Å². The van der Waals surface area contributed by atoms with E-state index in [-0.39, 0.29) is 13.2 Å². The molecule has 13 heavy (non-hydrogen) atoms. The summed E-state index contributed by atoms with van der Waals surface area (Å²) >= 11 is 0. The van der Waals surface area contributed by atoms with E-state index in [1.54, 1.807) is 0 Å². The van der Waals surface area contributed by atoms with Crippen LogP contribution in [0.5, 0.6) is 0 Å². The maximum Gasteiger partial charge on any atom is 0.0433 e. The monoisotopic (exact) mass is 188 g/mol. The summed E-state index contributed by atoms with van der Waals surface area (Å²) in [6.07, 6.45) is 3.94. The number of aliphatic hydroxyl groups excluding tert-OH is 2. The molecule has 0 rings (SSSR count). The highest BCUT2D eigenvalue weighted by Crippen LogP contribution is 2.26. The molecular formula is C11H24O2. The average Bonchev–Trinajstić information content (AvgIpc) is 2.00. The van der Waals surface area contributed by atoms with Crippen molar-refractivity contribution in [3.8, 4) is 0 Å². The highest BCUT2D eigenvalue weighted by atomic mass is 16.3. The molecule has 0 aliphatic heterocycles. The first-order valence-electron chi connectivity index (χ1n) is 5.21. The Labute approximate surface area is 82.0 Å². The minimum Gasteiger partial charge on any atom is -0.396 e. The van der Waals surface area contributed by atoms with Crippen LogP contribution in [0.15, 0.2) is 0 Å². The quantitative estimate of drug-likeness (QED) is 0.671. The summed E-state index contributed by atoms with van der Waals surface area (Å²) in [5.41, 5.74) is 0.364. The molecule has 0 aliphatic carbocycles. The molecule has 0 amide bonds. The van der Waals surface area contributed by atoms with Crippen molar-refractivity contribution in [2.24, 2.45) is 11.3 Å². The lowest BCUT2D eigenvalue weighted by molar-refractivity contribution is 0.196. The molecular weight excluding hydrogens is 164 g/mol. The summed E-state index contributed by atoms with van der Waals surface area (Å²) in [5.74, 6) is 0.495. The molecule has 0 radical (unpaired) electrons. The van der Waals surface area contributed by atoms with Gasteiger partial charge in [-0.05, 0) is 37.0 Å². The van der Waals surface area contributed by atoms with Gasteiger partial charge >= 0.3 is 0 Å². The molecule has 0 atom stereocenters. The van der Waals surface area contributed by atoms with Crippen LogP contribution in [0.2, 0.25) is 0 Å². The lowest BCUT2D eigenvalue weighted by Gasteiger charge is -2.22. The Balaban J connectivity index is 3.68. The summed E-state index contributed by atoms with van der Waals surface area (Å²) in [6.45, 7) is 7.16. The minimum atomic E-state index is 0.245. The Morgan fingerprint density at radius 3 is 1.69 bits per heavy atom. The number of hydrogen-bond donors (Lipinski definition) is 2. The van der Waals surface area contributed by atoms with Gasteiger partial charge in [0.15, 0.2) is 0 Å². The SMILES string of the molecule is CC(C)(C)CCC(CCO)CCO. The third kappa shape index (κ3) is 8.26. The zero-order valence-electron chi connectivity index (χ0n) is 9.21. The van der Waals surface area contributed by atoms with Crippen LogP contribution in [0.4, 0.5) is 0 Å². The second-order valence-electron chi connectivity index (χ2n) is 4.99. The standard InChI is InChI=1S/C11H24O2/c1-11(2,3)7-4-10(5-8-12)6-9-13/h10,12-13H,4-9H2,1-3H3. The topological polar surface area (TPSA) is 40.5 Å². The normalized spacial score (nSPS) is 12.5. The van der Waals surface area contributed by atoms with Crippen LogP contribution in [0.25, 0.3) is 0 Å². The number of rotatable bonds is 6. The van der Waals surface area contributed by atoms with Gasteiger partial charge in [0.1, 0.15) is 0 Å². The van der Waals surface area contributed by atoms with E-state index in [0.717, 1.165) is 25.7 Å². The van der Waals surface area contributed by atoms with E-state index in [0.29, 0.717) is 11.3 Å². The first-order valence-corrected chi connectivity index (χ1v) is 5.21. The first-order chi connectivity index (χ1) is 5.99. The van der Waals surface area contributed by atoms with Crippen LogP contribution in [0.1, 0.15) is 46.5 Å². The number of aliphatic hydroxyl groups is 2. The Kier molecular flexibility index (Phi) is 6.35. The van der Waals surface area contributed by atoms with E-state index in [2.05, 4.69) is 20.8 Å². The smallest absolute Gasteiger partial charge is 0.0433 e. The number of hydrogen-bond acceptors (Lipinski definition) is 2. The van der Waals surface area contributed by atoms with Gasteiger partial charge in [0.25, 0.3) is 0 Å². The fourth-order valence-electron chi connectivity index (χ4n) is 1.44. The van der Waals surface area contributed by atoms with E-state index in [1.807, 2.05) is 0 Å². The van der Waals surface area contributed by atoms with E-state index < -0.39 is 0 Å². The Hall–Kier alpha value is -0.0800. The van der Waals surface area contributed by atoms with Crippen LogP contribution in [0.3, 0.4) is 0 Å². The van der Waals surface area contributed by atoms with Crippen LogP contribution in [0, 0.1) is 11.3 Å². The zero-order chi connectivity index (χ0) is 10.3. The van der Waals surface area contributed by atoms with Gasteiger partial charge in [0.05, 0.1) is 0 Å². The average molecular weight is 188 g/mol. The molecule has 0 aromatic carbocycles. The van der Waals surface area contributed by atoms with Gasteiger partial charge in [-0.1, -0.05) is 20.8 Å². The molecule has 80 valence electrons. The maximum absolute atomic E-state index is 8.81. The minimum absolute atomic E-state index is 0.245. The Morgan fingerprint density at radius 1 is 0.923 bits per heavy atom. The van der Waals surface area contributed by atoms with E-state index in [9.17, 15) is 0 Å². The van der Waals surface area contributed by atoms with Crippen molar-refractivity contribution in [2.75, 3.05) is 13.2 Å². The molecule has 2 N–H and O–H groups in total.